The summed E-state index contributed by atoms with van der Waals surface area (Å²) in [5, 5.41) is 52.2. The van der Waals surface area contributed by atoms with Gasteiger partial charge in [0.2, 0.25) is 5.41 Å². The van der Waals surface area contributed by atoms with Crippen molar-refractivity contribution < 1.29 is 14.7 Å². The molecule has 0 bridgehead atoms. The van der Waals surface area contributed by atoms with Crippen LogP contribution in [0.3, 0.4) is 0 Å². The van der Waals surface area contributed by atoms with Crippen molar-refractivity contribution in [3.63, 3.8) is 0 Å². The van der Waals surface area contributed by atoms with Gasteiger partial charge < -0.3 is 10.4 Å². The molecule has 3 rings (SSSR count). The Bertz CT molecular complexity index is 1200. The molecule has 0 spiro atoms. The zero-order valence-corrected chi connectivity index (χ0v) is 16.3. The number of nitrogens with zero attached hydrogens (tertiary/aromatic N) is 4. The number of hydrogen-bond acceptors (Lipinski definition) is 6. The van der Waals surface area contributed by atoms with E-state index in [2.05, 4.69) is 5.32 Å². The molecule has 1 saturated carbocycles. The summed E-state index contributed by atoms with van der Waals surface area (Å²) in [6.45, 7) is 1.79. The van der Waals surface area contributed by atoms with Crippen molar-refractivity contribution in [1.29, 1.82) is 21.0 Å². The molecule has 0 radical (unpaired) electrons. The molecule has 2 aromatic carbocycles. The molecule has 1 fully saturated rings. The Labute approximate surface area is 178 Å². The summed E-state index contributed by atoms with van der Waals surface area (Å²) in [5.41, 5.74) is -6.34. The van der Waals surface area contributed by atoms with Crippen LogP contribution in [0.4, 0.5) is 0 Å². The van der Waals surface area contributed by atoms with Gasteiger partial charge in [0.1, 0.15) is 0 Å². The molecule has 2 unspecified atom stereocenters. The predicted molar refractivity (Wildman–Crippen MR) is 106 cm³/mol. The van der Waals surface area contributed by atoms with Gasteiger partial charge in [-0.15, -0.1) is 0 Å². The van der Waals surface area contributed by atoms with Crippen molar-refractivity contribution in [3.8, 4) is 24.3 Å². The SMILES string of the molecule is Cc1ccc(C2C(C#N)(C#N)C(C#N)(C#N)C2(NC(=O)c2ccccc2)C(=O)O)cc1. The Kier molecular flexibility index (Phi) is 4.96. The summed E-state index contributed by atoms with van der Waals surface area (Å²) in [6, 6.07) is 20.7. The number of carboxylic acid groups (broad SMARTS) is 1. The van der Waals surface area contributed by atoms with Crippen LogP contribution >= 0.6 is 0 Å². The molecule has 0 heterocycles. The van der Waals surface area contributed by atoms with Crippen LogP contribution in [-0.4, -0.2) is 22.5 Å². The van der Waals surface area contributed by atoms with Crippen molar-refractivity contribution >= 4 is 11.9 Å². The first-order valence-electron chi connectivity index (χ1n) is 9.12. The number of carbonyl (C=O) groups excluding carboxylic acids is 1. The molecule has 0 aromatic heterocycles. The third kappa shape index (κ3) is 2.50. The Hall–Kier alpha value is -4.66. The molecule has 31 heavy (non-hydrogen) atoms. The van der Waals surface area contributed by atoms with Crippen LogP contribution in [0.25, 0.3) is 0 Å². The highest BCUT2D eigenvalue weighted by Crippen LogP contribution is 2.70. The van der Waals surface area contributed by atoms with Crippen molar-refractivity contribution in [3.05, 3.63) is 71.3 Å². The topological polar surface area (TPSA) is 162 Å². The van der Waals surface area contributed by atoms with E-state index in [4.69, 9.17) is 0 Å². The first-order chi connectivity index (χ1) is 14.8. The van der Waals surface area contributed by atoms with Crippen LogP contribution in [0, 0.1) is 63.1 Å². The molecule has 8 heteroatoms. The highest BCUT2D eigenvalue weighted by molar-refractivity contribution is 6.01. The molecular formula is C23H15N5O3. The number of amides is 1. The van der Waals surface area contributed by atoms with Gasteiger partial charge in [0.15, 0.2) is 11.0 Å². The van der Waals surface area contributed by atoms with Crippen LogP contribution in [0.5, 0.6) is 0 Å². The fourth-order valence-corrected chi connectivity index (χ4v) is 4.29. The first kappa shape index (κ1) is 21.1. The van der Waals surface area contributed by atoms with Crippen LogP contribution in [0.2, 0.25) is 0 Å². The third-order valence-electron chi connectivity index (χ3n) is 5.83. The molecule has 2 N–H and O–H groups in total. The van der Waals surface area contributed by atoms with Crippen LogP contribution in [-0.2, 0) is 4.79 Å². The lowest BCUT2D eigenvalue weighted by Gasteiger charge is -2.61. The van der Waals surface area contributed by atoms with Gasteiger partial charge in [0.05, 0.1) is 30.2 Å². The number of nitriles is 4. The fourth-order valence-electron chi connectivity index (χ4n) is 4.29. The maximum absolute atomic E-state index is 12.9. The van der Waals surface area contributed by atoms with Gasteiger partial charge in [-0.2, -0.15) is 21.0 Å². The van der Waals surface area contributed by atoms with Gasteiger partial charge in [0, 0.05) is 5.56 Å². The average Bonchev–Trinajstić information content (AvgIpc) is 2.78. The minimum Gasteiger partial charge on any atom is -0.479 e. The number of carbonyl (C=O) groups is 2. The van der Waals surface area contributed by atoms with E-state index < -0.39 is 34.2 Å². The second-order valence-corrected chi connectivity index (χ2v) is 7.28. The van der Waals surface area contributed by atoms with Crippen molar-refractivity contribution in [2.24, 2.45) is 10.8 Å². The number of hydrogen-bond donors (Lipinski definition) is 2. The van der Waals surface area contributed by atoms with Gasteiger partial charge >= 0.3 is 5.97 Å². The van der Waals surface area contributed by atoms with E-state index in [0.29, 0.717) is 0 Å². The average molecular weight is 409 g/mol. The Morgan fingerprint density at radius 2 is 1.45 bits per heavy atom. The normalized spacial score (nSPS) is 22.3. The van der Waals surface area contributed by atoms with Crippen LogP contribution in [0.15, 0.2) is 54.6 Å². The number of nitrogens with one attached hydrogen (secondary N) is 1. The maximum atomic E-state index is 12.9. The monoisotopic (exact) mass is 409 g/mol. The highest BCUT2D eigenvalue weighted by Gasteiger charge is 2.88. The molecule has 150 valence electrons. The summed E-state index contributed by atoms with van der Waals surface area (Å²) in [6.07, 6.45) is 0. The van der Waals surface area contributed by atoms with Gasteiger partial charge in [-0.05, 0) is 24.6 Å². The molecule has 1 aliphatic carbocycles. The number of carboxylic acids is 1. The summed E-state index contributed by atoms with van der Waals surface area (Å²) in [5.74, 6) is -4.01. The highest BCUT2D eigenvalue weighted by atomic mass is 16.4. The Balaban J connectivity index is 2.32. The number of benzene rings is 2. The quantitative estimate of drug-likeness (QED) is 0.783. The van der Waals surface area contributed by atoms with E-state index in [0.717, 1.165) is 5.56 Å². The predicted octanol–water partition coefficient (Wildman–Crippen LogP) is 2.41. The van der Waals surface area contributed by atoms with E-state index in [1.54, 1.807) is 61.5 Å². The molecule has 2 aromatic rings. The maximum Gasteiger partial charge on any atom is 0.333 e. The lowest BCUT2D eigenvalue weighted by molar-refractivity contribution is -0.166. The summed E-state index contributed by atoms with van der Waals surface area (Å²) >= 11 is 0. The molecule has 2 atom stereocenters. The number of aryl methyl sites for hydroxylation is 1. The van der Waals surface area contributed by atoms with Gasteiger partial charge in [-0.25, -0.2) is 4.79 Å². The van der Waals surface area contributed by atoms with E-state index in [-0.39, 0.29) is 11.1 Å². The van der Waals surface area contributed by atoms with Crippen molar-refractivity contribution in [1.82, 2.24) is 5.32 Å². The van der Waals surface area contributed by atoms with Crippen LogP contribution < -0.4 is 5.32 Å². The summed E-state index contributed by atoms with van der Waals surface area (Å²) in [4.78, 5) is 25.6. The number of aliphatic carboxylic acids is 1. The lowest BCUT2D eigenvalue weighted by atomic mass is 9.34. The van der Waals surface area contributed by atoms with E-state index in [9.17, 15) is 35.7 Å². The van der Waals surface area contributed by atoms with Crippen molar-refractivity contribution in [2.75, 3.05) is 0 Å². The molecule has 1 aliphatic rings. The molecular weight excluding hydrogens is 394 g/mol. The van der Waals surface area contributed by atoms with Gasteiger partial charge in [-0.1, -0.05) is 48.0 Å². The van der Waals surface area contributed by atoms with E-state index >= 15 is 0 Å². The largest absolute Gasteiger partial charge is 0.479 e. The van der Waals surface area contributed by atoms with Gasteiger partial charge in [0.25, 0.3) is 5.91 Å². The summed E-state index contributed by atoms with van der Waals surface area (Å²) < 4.78 is 0. The van der Waals surface area contributed by atoms with Crippen LogP contribution in [0.1, 0.15) is 27.4 Å². The summed E-state index contributed by atoms with van der Waals surface area (Å²) in [7, 11) is 0. The number of rotatable bonds is 4. The third-order valence-corrected chi connectivity index (χ3v) is 5.83. The second kappa shape index (κ2) is 7.30. The standard InChI is InChI=1S/C23H15N5O3/c1-15-7-9-16(10-8-15)18-21(11-24,12-25)22(13-26,14-27)23(18,20(30)31)28-19(29)17-5-3-2-4-6-17/h2-10,18H,1H3,(H,28,29)(H,30,31). The Morgan fingerprint density at radius 1 is 0.903 bits per heavy atom. The zero-order valence-electron chi connectivity index (χ0n) is 16.3. The van der Waals surface area contributed by atoms with Gasteiger partial charge in [-0.3, -0.25) is 4.79 Å². The van der Waals surface area contributed by atoms with E-state index in [1.807, 2.05) is 0 Å². The van der Waals surface area contributed by atoms with E-state index in [1.165, 1.54) is 24.3 Å². The molecule has 1 amide bonds. The molecule has 8 nitrogen and oxygen atoms in total. The molecule has 0 saturated heterocycles. The zero-order chi connectivity index (χ0) is 22.9. The minimum atomic E-state index is -2.66. The van der Waals surface area contributed by atoms with Crippen molar-refractivity contribution in [2.45, 2.75) is 18.4 Å². The lowest BCUT2D eigenvalue weighted by Crippen LogP contribution is -2.83. The Morgan fingerprint density at radius 3 is 1.90 bits per heavy atom. The second-order valence-electron chi connectivity index (χ2n) is 7.28. The fraction of sp³-hybridized carbons (Fsp3) is 0.217. The minimum absolute atomic E-state index is 0.0991. The smallest absolute Gasteiger partial charge is 0.333 e. The molecule has 0 aliphatic heterocycles. The first-order valence-corrected chi connectivity index (χ1v) is 9.12.